The number of hydrogen-bond donors (Lipinski definition) is 2. The van der Waals surface area contributed by atoms with Crippen molar-refractivity contribution in [2.45, 2.75) is 64.9 Å². The number of rotatable bonds is 16. The molecule has 0 aliphatic heterocycles. The van der Waals surface area contributed by atoms with Crippen LogP contribution in [0, 0.1) is 5.41 Å². The summed E-state index contributed by atoms with van der Waals surface area (Å²) in [6.07, 6.45) is 2.48. The van der Waals surface area contributed by atoms with Crippen molar-refractivity contribution in [2.75, 3.05) is 32.9 Å². The number of ether oxygens (including phenoxy) is 3. The molecule has 236 valence electrons. The van der Waals surface area contributed by atoms with Crippen LogP contribution in [0.15, 0.2) is 77.3 Å². The fourth-order valence-electron chi connectivity index (χ4n) is 5.27. The predicted octanol–water partition coefficient (Wildman–Crippen LogP) is 7.86. The first-order valence-corrected chi connectivity index (χ1v) is 16.2. The Morgan fingerprint density at radius 3 is 2.07 bits per heavy atom. The summed E-state index contributed by atoms with van der Waals surface area (Å²) in [5.74, 6) is 0.893. The molecular formula is C36H45BrN2O5. The maximum atomic E-state index is 12.8. The number of nitrogens with one attached hydrogen (secondary N) is 2. The van der Waals surface area contributed by atoms with Gasteiger partial charge in [-0.25, -0.2) is 4.79 Å². The molecule has 0 saturated carbocycles. The summed E-state index contributed by atoms with van der Waals surface area (Å²) in [5, 5.41) is 5.92. The Balaban J connectivity index is 1.08. The zero-order valence-electron chi connectivity index (χ0n) is 26.3. The van der Waals surface area contributed by atoms with Gasteiger partial charge in [0.1, 0.15) is 12.4 Å². The lowest BCUT2D eigenvalue weighted by Crippen LogP contribution is -2.39. The Morgan fingerprint density at radius 1 is 0.773 bits per heavy atom. The number of amides is 2. The van der Waals surface area contributed by atoms with Crippen molar-refractivity contribution in [3.05, 3.63) is 88.4 Å². The van der Waals surface area contributed by atoms with Gasteiger partial charge in [-0.15, -0.1) is 0 Å². The average molecular weight is 666 g/mol. The highest BCUT2D eigenvalue weighted by Crippen LogP contribution is 2.44. The van der Waals surface area contributed by atoms with E-state index in [0.29, 0.717) is 39.1 Å². The van der Waals surface area contributed by atoms with E-state index in [1.165, 1.54) is 22.3 Å². The Kier molecular flexibility index (Phi) is 11.9. The van der Waals surface area contributed by atoms with E-state index in [9.17, 15) is 9.59 Å². The molecule has 3 aromatic rings. The Bertz CT molecular complexity index is 1340. The van der Waals surface area contributed by atoms with Crippen LogP contribution >= 0.6 is 15.9 Å². The molecule has 0 radical (unpaired) electrons. The van der Waals surface area contributed by atoms with E-state index in [-0.39, 0.29) is 18.4 Å². The van der Waals surface area contributed by atoms with Crippen molar-refractivity contribution in [3.63, 3.8) is 0 Å². The van der Waals surface area contributed by atoms with Crippen LogP contribution in [-0.4, -0.2) is 50.5 Å². The van der Waals surface area contributed by atoms with Crippen LogP contribution < -0.4 is 15.4 Å². The first-order valence-electron chi connectivity index (χ1n) is 15.5. The summed E-state index contributed by atoms with van der Waals surface area (Å²) in [6, 6.07) is 24.3. The third-order valence-electron chi connectivity index (χ3n) is 8.11. The van der Waals surface area contributed by atoms with E-state index in [4.69, 9.17) is 14.2 Å². The fourth-order valence-corrected chi connectivity index (χ4v) is 5.54. The highest BCUT2D eigenvalue weighted by molar-refractivity contribution is 9.10. The molecule has 44 heavy (non-hydrogen) atoms. The maximum absolute atomic E-state index is 12.8. The van der Waals surface area contributed by atoms with Gasteiger partial charge in [-0.2, -0.15) is 0 Å². The van der Waals surface area contributed by atoms with Crippen molar-refractivity contribution in [1.82, 2.24) is 10.6 Å². The van der Waals surface area contributed by atoms with Crippen LogP contribution in [0.4, 0.5) is 4.79 Å². The summed E-state index contributed by atoms with van der Waals surface area (Å²) < 4.78 is 18.5. The molecule has 1 aliphatic rings. The van der Waals surface area contributed by atoms with E-state index < -0.39 is 17.1 Å². The van der Waals surface area contributed by atoms with Gasteiger partial charge in [0.05, 0.1) is 12.2 Å². The van der Waals surface area contributed by atoms with Crippen LogP contribution in [0.5, 0.6) is 5.75 Å². The van der Waals surface area contributed by atoms with Gasteiger partial charge < -0.3 is 24.8 Å². The first kappa shape index (κ1) is 33.5. The van der Waals surface area contributed by atoms with Gasteiger partial charge in [0.2, 0.25) is 5.91 Å². The maximum Gasteiger partial charge on any atom is 0.407 e. The van der Waals surface area contributed by atoms with Crippen LogP contribution in [0.25, 0.3) is 11.1 Å². The number of carbonyl (C=O) groups is 2. The monoisotopic (exact) mass is 664 g/mol. The normalized spacial score (nSPS) is 12.8. The fraction of sp³-hybridized carbons (Fsp3) is 0.444. The molecule has 0 heterocycles. The molecule has 0 aromatic heterocycles. The van der Waals surface area contributed by atoms with Gasteiger partial charge in [-0.1, -0.05) is 78.3 Å². The highest BCUT2D eigenvalue weighted by Gasteiger charge is 2.30. The minimum atomic E-state index is -0.552. The number of benzene rings is 3. The Hall–Kier alpha value is -3.36. The van der Waals surface area contributed by atoms with Gasteiger partial charge in [0.15, 0.2) is 0 Å². The van der Waals surface area contributed by atoms with E-state index in [2.05, 4.69) is 50.8 Å². The number of fused-ring (bicyclic) bond motifs is 3. The molecule has 4 rings (SSSR count). The lowest BCUT2D eigenvalue weighted by molar-refractivity contribution is -0.131. The Labute approximate surface area is 270 Å². The SMILES string of the molecule is CC(C)(CCNC(=O)OCC1c2ccccc2-c2ccccc21)OCCC(C)(C)C(=O)NCCCCOc1ccc(Br)cc1. The first-order chi connectivity index (χ1) is 21.1. The number of unbranched alkanes of at least 4 members (excludes halogenated alkanes) is 1. The quantitative estimate of drug-likeness (QED) is 0.152. The summed E-state index contributed by atoms with van der Waals surface area (Å²) in [5.41, 5.74) is 3.77. The zero-order valence-corrected chi connectivity index (χ0v) is 27.9. The van der Waals surface area contributed by atoms with Crippen molar-refractivity contribution >= 4 is 27.9 Å². The van der Waals surface area contributed by atoms with Crippen LogP contribution in [-0.2, 0) is 14.3 Å². The molecule has 2 N–H and O–H groups in total. The molecule has 0 spiro atoms. The topological polar surface area (TPSA) is 85.9 Å². The predicted molar refractivity (Wildman–Crippen MR) is 178 cm³/mol. The average Bonchev–Trinajstić information content (AvgIpc) is 3.32. The molecule has 0 unspecified atom stereocenters. The van der Waals surface area contributed by atoms with Gasteiger partial charge in [0.25, 0.3) is 0 Å². The highest BCUT2D eigenvalue weighted by atomic mass is 79.9. The third kappa shape index (κ3) is 9.57. The Morgan fingerprint density at radius 2 is 1.41 bits per heavy atom. The van der Waals surface area contributed by atoms with Crippen LogP contribution in [0.3, 0.4) is 0 Å². The molecule has 2 amide bonds. The molecule has 0 atom stereocenters. The van der Waals surface area contributed by atoms with Crippen molar-refractivity contribution in [2.24, 2.45) is 5.41 Å². The summed E-state index contributed by atoms with van der Waals surface area (Å²) in [6.45, 7) is 10.3. The van der Waals surface area contributed by atoms with Crippen LogP contribution in [0.1, 0.15) is 70.4 Å². The summed E-state index contributed by atoms with van der Waals surface area (Å²) >= 11 is 3.42. The van der Waals surface area contributed by atoms with Gasteiger partial charge in [-0.05, 0) is 86.1 Å². The number of alkyl carbamates (subject to hydrolysis) is 1. The molecule has 0 bridgehead atoms. The molecule has 7 nitrogen and oxygen atoms in total. The van der Waals surface area contributed by atoms with E-state index in [1.807, 2.05) is 76.2 Å². The van der Waals surface area contributed by atoms with E-state index in [0.717, 1.165) is 23.1 Å². The third-order valence-corrected chi connectivity index (χ3v) is 8.64. The van der Waals surface area contributed by atoms with Crippen LogP contribution in [0.2, 0.25) is 0 Å². The minimum Gasteiger partial charge on any atom is -0.494 e. The van der Waals surface area contributed by atoms with Gasteiger partial charge in [-0.3, -0.25) is 4.79 Å². The van der Waals surface area contributed by atoms with E-state index in [1.54, 1.807) is 0 Å². The largest absolute Gasteiger partial charge is 0.494 e. The lowest BCUT2D eigenvalue weighted by Gasteiger charge is -2.29. The molecule has 8 heteroatoms. The van der Waals surface area contributed by atoms with E-state index >= 15 is 0 Å². The summed E-state index contributed by atoms with van der Waals surface area (Å²) in [7, 11) is 0. The molecule has 0 fully saturated rings. The van der Waals surface area contributed by atoms with Gasteiger partial charge >= 0.3 is 6.09 Å². The molecule has 0 saturated heterocycles. The number of hydrogen-bond acceptors (Lipinski definition) is 5. The standard InChI is InChI=1S/C36H45BrN2O5/c1-35(2,33(40)38-21-9-10-23-42-27-17-15-26(37)16-18-27)20-24-44-36(3,4)19-22-39-34(41)43-25-32-30-13-7-5-11-28(30)29-12-6-8-14-31(29)32/h5-8,11-18,32H,9-10,19-25H2,1-4H3,(H,38,40)(H,39,41). The molecular weight excluding hydrogens is 620 g/mol. The minimum absolute atomic E-state index is 0.0182. The molecule has 1 aliphatic carbocycles. The number of halogens is 1. The molecule has 3 aromatic carbocycles. The number of carbonyl (C=O) groups excluding carboxylic acids is 2. The van der Waals surface area contributed by atoms with Crippen molar-refractivity contribution < 1.29 is 23.8 Å². The summed E-state index contributed by atoms with van der Waals surface area (Å²) in [4.78, 5) is 25.3. The second-order valence-electron chi connectivity index (χ2n) is 12.5. The lowest BCUT2D eigenvalue weighted by atomic mass is 9.88. The van der Waals surface area contributed by atoms with Crippen molar-refractivity contribution in [3.8, 4) is 16.9 Å². The smallest absolute Gasteiger partial charge is 0.407 e. The second-order valence-corrected chi connectivity index (χ2v) is 13.4. The second kappa shape index (κ2) is 15.6. The zero-order chi connectivity index (χ0) is 31.6. The van der Waals surface area contributed by atoms with Gasteiger partial charge in [0, 0.05) is 35.5 Å². The van der Waals surface area contributed by atoms with Crippen molar-refractivity contribution in [1.29, 1.82) is 0 Å².